The van der Waals surface area contributed by atoms with Crippen LogP contribution in [0.1, 0.15) is 45.1 Å². The van der Waals surface area contributed by atoms with Gasteiger partial charge in [-0.15, -0.1) is 0 Å². The summed E-state index contributed by atoms with van der Waals surface area (Å²) in [5.41, 5.74) is 7.33. The highest BCUT2D eigenvalue weighted by atomic mass is 15.2. The molecule has 0 aliphatic rings. The van der Waals surface area contributed by atoms with Crippen LogP contribution in [0.5, 0.6) is 0 Å². The SMILES string of the molecule is CCCCCC(CN)N(CC)Cc1ccccc1. The first kappa shape index (κ1) is 15.2. The lowest BCUT2D eigenvalue weighted by Crippen LogP contribution is -2.40. The maximum atomic E-state index is 5.94. The van der Waals surface area contributed by atoms with Crippen LogP contribution in [0.15, 0.2) is 30.3 Å². The Balaban J connectivity index is 2.51. The Labute approximate surface area is 112 Å². The second-order valence-corrected chi connectivity index (χ2v) is 4.93. The Kier molecular flexibility index (Phi) is 7.70. The van der Waals surface area contributed by atoms with Crippen LogP contribution in [0, 0.1) is 0 Å². The van der Waals surface area contributed by atoms with Crippen LogP contribution in [0.4, 0.5) is 0 Å². The van der Waals surface area contributed by atoms with Gasteiger partial charge in [0, 0.05) is 19.1 Å². The summed E-state index contributed by atoms with van der Waals surface area (Å²) >= 11 is 0. The molecule has 1 rings (SSSR count). The van der Waals surface area contributed by atoms with Crippen molar-refractivity contribution in [2.75, 3.05) is 13.1 Å². The zero-order valence-electron chi connectivity index (χ0n) is 11.9. The third kappa shape index (κ3) is 5.19. The summed E-state index contributed by atoms with van der Waals surface area (Å²) in [7, 11) is 0. The molecule has 1 aromatic rings. The van der Waals surface area contributed by atoms with Crippen molar-refractivity contribution >= 4 is 0 Å². The Morgan fingerprint density at radius 1 is 1.11 bits per heavy atom. The molecule has 102 valence electrons. The molecule has 2 nitrogen and oxygen atoms in total. The van der Waals surface area contributed by atoms with Gasteiger partial charge in [-0.25, -0.2) is 0 Å². The van der Waals surface area contributed by atoms with Crippen molar-refractivity contribution in [2.24, 2.45) is 5.73 Å². The molecule has 1 unspecified atom stereocenters. The van der Waals surface area contributed by atoms with Crippen molar-refractivity contribution in [2.45, 2.75) is 52.1 Å². The summed E-state index contributed by atoms with van der Waals surface area (Å²) in [6.07, 6.45) is 5.12. The second-order valence-electron chi connectivity index (χ2n) is 4.93. The smallest absolute Gasteiger partial charge is 0.0237 e. The fourth-order valence-corrected chi connectivity index (χ4v) is 2.40. The summed E-state index contributed by atoms with van der Waals surface area (Å²) < 4.78 is 0. The van der Waals surface area contributed by atoms with Gasteiger partial charge in [-0.2, -0.15) is 0 Å². The summed E-state index contributed by atoms with van der Waals surface area (Å²) in [6.45, 7) is 7.34. The number of benzene rings is 1. The minimum Gasteiger partial charge on any atom is -0.329 e. The minimum absolute atomic E-state index is 0.529. The maximum Gasteiger partial charge on any atom is 0.0237 e. The van der Waals surface area contributed by atoms with E-state index in [1.807, 2.05) is 0 Å². The molecule has 0 fully saturated rings. The van der Waals surface area contributed by atoms with E-state index >= 15 is 0 Å². The molecular weight excluding hydrogens is 220 g/mol. The second kappa shape index (κ2) is 9.12. The molecular formula is C16H28N2. The number of nitrogens with two attached hydrogens (primary N) is 1. The van der Waals surface area contributed by atoms with Gasteiger partial charge >= 0.3 is 0 Å². The first-order valence-corrected chi connectivity index (χ1v) is 7.29. The van der Waals surface area contributed by atoms with Crippen molar-refractivity contribution < 1.29 is 0 Å². The highest BCUT2D eigenvalue weighted by molar-refractivity contribution is 5.14. The molecule has 18 heavy (non-hydrogen) atoms. The Hall–Kier alpha value is -0.860. The van der Waals surface area contributed by atoms with E-state index in [9.17, 15) is 0 Å². The molecule has 0 heterocycles. The Morgan fingerprint density at radius 2 is 1.83 bits per heavy atom. The first-order chi connectivity index (χ1) is 8.81. The van der Waals surface area contributed by atoms with Gasteiger partial charge in [-0.3, -0.25) is 4.90 Å². The van der Waals surface area contributed by atoms with Crippen molar-refractivity contribution in [3.8, 4) is 0 Å². The van der Waals surface area contributed by atoms with Crippen LogP contribution in [-0.2, 0) is 6.54 Å². The van der Waals surface area contributed by atoms with Crippen LogP contribution < -0.4 is 5.73 Å². The number of nitrogens with zero attached hydrogens (tertiary/aromatic N) is 1. The van der Waals surface area contributed by atoms with Crippen molar-refractivity contribution in [1.82, 2.24) is 4.90 Å². The molecule has 2 heteroatoms. The Bertz CT molecular complexity index is 297. The lowest BCUT2D eigenvalue weighted by Gasteiger charge is -2.30. The van der Waals surface area contributed by atoms with Gasteiger partial charge in [0.05, 0.1) is 0 Å². The van der Waals surface area contributed by atoms with Gasteiger partial charge < -0.3 is 5.73 Å². The first-order valence-electron chi connectivity index (χ1n) is 7.29. The average molecular weight is 248 g/mol. The lowest BCUT2D eigenvalue weighted by molar-refractivity contribution is 0.188. The zero-order valence-corrected chi connectivity index (χ0v) is 11.9. The molecule has 0 aliphatic carbocycles. The van der Waals surface area contributed by atoms with Crippen molar-refractivity contribution in [3.05, 3.63) is 35.9 Å². The van der Waals surface area contributed by atoms with E-state index in [-0.39, 0.29) is 0 Å². The standard InChI is InChI=1S/C16H28N2/c1-3-5-7-12-16(13-17)18(4-2)14-15-10-8-6-9-11-15/h6,8-11,16H,3-5,7,12-14,17H2,1-2H3. The number of rotatable bonds is 9. The average Bonchev–Trinajstić information content (AvgIpc) is 2.43. The molecule has 2 N–H and O–H groups in total. The molecule has 0 aliphatic heterocycles. The molecule has 0 amide bonds. The maximum absolute atomic E-state index is 5.94. The van der Waals surface area contributed by atoms with Gasteiger partial charge in [0.2, 0.25) is 0 Å². The van der Waals surface area contributed by atoms with Gasteiger partial charge in [-0.05, 0) is 18.5 Å². The number of likely N-dealkylation sites (N-methyl/N-ethyl adjacent to an activating group) is 1. The molecule has 0 saturated carbocycles. The molecule has 0 aromatic heterocycles. The van der Waals surface area contributed by atoms with Gasteiger partial charge in [0.25, 0.3) is 0 Å². The normalized spacial score (nSPS) is 12.9. The Morgan fingerprint density at radius 3 is 2.39 bits per heavy atom. The minimum atomic E-state index is 0.529. The van der Waals surface area contributed by atoms with Crippen LogP contribution in [0.3, 0.4) is 0 Å². The molecule has 1 atom stereocenters. The highest BCUT2D eigenvalue weighted by Crippen LogP contribution is 2.13. The largest absolute Gasteiger partial charge is 0.329 e. The number of hydrogen-bond donors (Lipinski definition) is 1. The van der Waals surface area contributed by atoms with E-state index < -0.39 is 0 Å². The van der Waals surface area contributed by atoms with Crippen molar-refractivity contribution in [1.29, 1.82) is 0 Å². The molecule has 1 aromatic carbocycles. The van der Waals surface area contributed by atoms with Gasteiger partial charge in [0.15, 0.2) is 0 Å². The number of hydrogen-bond acceptors (Lipinski definition) is 2. The van der Waals surface area contributed by atoms with Crippen LogP contribution >= 0.6 is 0 Å². The van der Waals surface area contributed by atoms with E-state index in [1.54, 1.807) is 0 Å². The lowest BCUT2D eigenvalue weighted by atomic mass is 10.1. The third-order valence-electron chi connectivity index (χ3n) is 3.56. The van der Waals surface area contributed by atoms with Crippen molar-refractivity contribution in [3.63, 3.8) is 0 Å². The summed E-state index contributed by atoms with van der Waals surface area (Å²) in [5, 5.41) is 0. The van der Waals surface area contributed by atoms with Crippen LogP contribution in [-0.4, -0.2) is 24.0 Å². The molecule has 0 spiro atoms. The van der Waals surface area contributed by atoms with E-state index in [0.717, 1.165) is 19.6 Å². The van der Waals surface area contributed by atoms with E-state index in [2.05, 4.69) is 49.1 Å². The monoisotopic (exact) mass is 248 g/mol. The fraction of sp³-hybridized carbons (Fsp3) is 0.625. The molecule has 0 saturated heterocycles. The summed E-state index contributed by atoms with van der Waals surface area (Å²) in [4.78, 5) is 2.50. The van der Waals surface area contributed by atoms with Gasteiger partial charge in [0.1, 0.15) is 0 Å². The van der Waals surface area contributed by atoms with Gasteiger partial charge in [-0.1, -0.05) is 63.4 Å². The van der Waals surface area contributed by atoms with E-state index in [1.165, 1.54) is 31.2 Å². The van der Waals surface area contributed by atoms with E-state index in [4.69, 9.17) is 5.73 Å². The van der Waals surface area contributed by atoms with E-state index in [0.29, 0.717) is 6.04 Å². The molecule has 0 radical (unpaired) electrons. The highest BCUT2D eigenvalue weighted by Gasteiger charge is 2.15. The summed E-state index contributed by atoms with van der Waals surface area (Å²) in [5.74, 6) is 0. The summed E-state index contributed by atoms with van der Waals surface area (Å²) in [6, 6.07) is 11.2. The zero-order chi connectivity index (χ0) is 13.2. The van der Waals surface area contributed by atoms with Crippen LogP contribution in [0.25, 0.3) is 0 Å². The third-order valence-corrected chi connectivity index (χ3v) is 3.56. The fourth-order valence-electron chi connectivity index (χ4n) is 2.40. The number of unbranched alkanes of at least 4 members (excludes halogenated alkanes) is 2. The topological polar surface area (TPSA) is 29.3 Å². The molecule has 0 bridgehead atoms. The van der Waals surface area contributed by atoms with Crippen LogP contribution in [0.2, 0.25) is 0 Å². The predicted molar refractivity (Wildman–Crippen MR) is 79.5 cm³/mol. The predicted octanol–water partition coefficient (Wildman–Crippen LogP) is 3.42. The quantitative estimate of drug-likeness (QED) is 0.679.